The summed E-state index contributed by atoms with van der Waals surface area (Å²) in [6, 6.07) is -22.6. The largest absolute Gasteiger partial charge is 0.393 e. The van der Waals surface area contributed by atoms with Crippen molar-refractivity contribution in [3.63, 3.8) is 0 Å². The normalized spacial score (nSPS) is 15.6. The van der Waals surface area contributed by atoms with Crippen molar-refractivity contribution in [2.24, 2.45) is 0 Å². The van der Waals surface area contributed by atoms with E-state index in [9.17, 15) is 79.0 Å². The van der Waals surface area contributed by atoms with Crippen LogP contribution in [0.5, 0.6) is 0 Å². The lowest BCUT2D eigenvalue weighted by Crippen LogP contribution is -2.71. The third kappa shape index (κ3) is 5.63. The molecule has 0 aromatic heterocycles. The van der Waals surface area contributed by atoms with E-state index in [1.54, 1.807) is 0 Å². The van der Waals surface area contributed by atoms with Gasteiger partial charge in [-0.2, -0.15) is 79.0 Å². The van der Waals surface area contributed by atoms with E-state index in [2.05, 4.69) is 0 Å². The molecule has 0 saturated heterocycles. The van der Waals surface area contributed by atoms with Crippen LogP contribution in [0.1, 0.15) is 0 Å². The molecule has 4 nitrogen and oxygen atoms in total. The molecule has 0 aliphatic rings. The molecule has 0 saturated carbocycles. The third-order valence-electron chi connectivity index (χ3n) is 4.02. The highest BCUT2D eigenvalue weighted by molar-refractivity contribution is 5.06. The summed E-state index contributed by atoms with van der Waals surface area (Å²) in [7, 11) is 0.611. The predicted molar refractivity (Wildman–Crippen MR) is 80.8 cm³/mol. The molecule has 0 heterocycles. The van der Waals surface area contributed by atoms with Crippen LogP contribution in [-0.4, -0.2) is 82.0 Å². The van der Waals surface area contributed by atoms with Gasteiger partial charge in [-0.05, 0) is 28.2 Å². The van der Waals surface area contributed by atoms with Gasteiger partial charge in [0.1, 0.15) is 0 Å². The van der Waals surface area contributed by atoms with Gasteiger partial charge in [-0.25, -0.2) is 0 Å². The van der Waals surface area contributed by atoms with Crippen molar-refractivity contribution in [3.05, 3.63) is 0 Å². The summed E-state index contributed by atoms with van der Waals surface area (Å²) >= 11 is 0. The van der Waals surface area contributed by atoms with Crippen LogP contribution in [0.15, 0.2) is 0 Å². The van der Waals surface area contributed by atoms with Gasteiger partial charge >= 0.3 is 53.8 Å². The first-order valence-electron chi connectivity index (χ1n) is 8.15. The Morgan fingerprint density at radius 1 is 0.257 bits per heavy atom. The van der Waals surface area contributed by atoms with Crippen molar-refractivity contribution in [2.45, 2.75) is 53.8 Å². The van der Waals surface area contributed by atoms with Gasteiger partial charge in [0, 0.05) is 0 Å². The van der Waals surface area contributed by atoms with Gasteiger partial charge in [0.05, 0.1) is 0 Å². The van der Waals surface area contributed by atoms with Crippen molar-refractivity contribution >= 4 is 0 Å². The van der Waals surface area contributed by atoms with E-state index in [4.69, 9.17) is 0 Å². The highest BCUT2D eigenvalue weighted by Crippen LogP contribution is 2.55. The average molecular weight is 570 g/mol. The summed E-state index contributed by atoms with van der Waals surface area (Å²) in [4.78, 5) is 0. The maximum atomic E-state index is 12.8. The van der Waals surface area contributed by atoms with Crippen LogP contribution >= 0.6 is 0 Å². The molecule has 0 fully saturated rings. The molecule has 0 rings (SSSR count). The number of hydrogen-bond donors (Lipinski definition) is 4. The molecular formula is C13H16F18N4. The molecule has 0 aromatic carbocycles. The van der Waals surface area contributed by atoms with Crippen molar-refractivity contribution in [1.82, 2.24) is 21.3 Å². The van der Waals surface area contributed by atoms with Gasteiger partial charge in [0.2, 0.25) is 0 Å². The summed E-state index contributed by atoms with van der Waals surface area (Å²) in [6.45, 7) is 0. The van der Waals surface area contributed by atoms with E-state index < -0.39 is 53.8 Å². The first-order valence-corrected chi connectivity index (χ1v) is 8.15. The predicted octanol–water partition coefficient (Wildman–Crippen LogP) is 4.40. The molecule has 0 aliphatic carbocycles. The van der Waals surface area contributed by atoms with E-state index in [-0.39, 0.29) is 28.2 Å². The number of rotatable bonds is 11. The first-order chi connectivity index (χ1) is 15.0. The first kappa shape index (κ1) is 35.7. The fraction of sp³-hybridized carbons (Fsp3) is 1.00. The Balaban J connectivity index is 0. The second-order valence-electron chi connectivity index (χ2n) is 6.17. The molecule has 0 radical (unpaired) electrons. The van der Waals surface area contributed by atoms with Crippen LogP contribution < -0.4 is 21.3 Å². The minimum Gasteiger partial charge on any atom is -0.256 e. The smallest absolute Gasteiger partial charge is 0.256 e. The molecule has 0 atom stereocenters. The molecule has 0 aliphatic heterocycles. The summed E-state index contributed by atoms with van der Waals surface area (Å²) in [5.74, 6) is -33.1. The van der Waals surface area contributed by atoms with Gasteiger partial charge in [-0.3, -0.25) is 21.3 Å². The summed E-state index contributed by atoms with van der Waals surface area (Å²) < 4.78 is 226. The number of alkyl halides is 18. The highest BCUT2D eigenvalue weighted by Gasteiger charge is 2.86. The van der Waals surface area contributed by atoms with E-state index >= 15 is 0 Å². The van der Waals surface area contributed by atoms with E-state index in [1.807, 2.05) is 0 Å². The van der Waals surface area contributed by atoms with Gasteiger partial charge in [-0.1, -0.05) is 0 Å². The Labute approximate surface area is 183 Å². The Bertz CT molecular complexity index is 636. The van der Waals surface area contributed by atoms with Gasteiger partial charge in [0.25, 0.3) is 0 Å². The lowest BCUT2D eigenvalue weighted by atomic mass is 10.0. The Morgan fingerprint density at radius 2 is 0.371 bits per heavy atom. The highest BCUT2D eigenvalue weighted by atomic mass is 19.4. The topological polar surface area (TPSA) is 48.1 Å². The SMILES string of the molecule is CNC(F)(F)C(F)(F)C(F)(F)C(F)(F)C(F)(F)NC.CNC(F)(F)C(F)(F)C(F)(F)C(F)(F)NC. The molecule has 22 heteroatoms. The second-order valence-corrected chi connectivity index (χ2v) is 6.17. The molecule has 0 aromatic rings. The second kappa shape index (κ2) is 10.1. The van der Waals surface area contributed by atoms with Crippen molar-refractivity contribution in [3.8, 4) is 0 Å². The minimum atomic E-state index is -7.03. The Morgan fingerprint density at radius 3 is 0.486 bits per heavy atom. The molecule has 0 spiro atoms. The van der Waals surface area contributed by atoms with Crippen molar-refractivity contribution < 1.29 is 79.0 Å². The van der Waals surface area contributed by atoms with E-state index in [1.165, 1.54) is 0 Å². The molecule has 35 heavy (non-hydrogen) atoms. The summed E-state index contributed by atoms with van der Waals surface area (Å²) in [6.07, 6.45) is 0. The van der Waals surface area contributed by atoms with Crippen LogP contribution in [0, 0.1) is 0 Å². The molecule has 0 amide bonds. The Kier molecular flexibility index (Phi) is 10.4. The molecule has 214 valence electrons. The van der Waals surface area contributed by atoms with E-state index in [0.29, 0.717) is 21.3 Å². The lowest BCUT2D eigenvalue weighted by Gasteiger charge is -2.38. The van der Waals surface area contributed by atoms with E-state index in [0.717, 1.165) is 0 Å². The zero-order chi connectivity index (χ0) is 29.3. The molecule has 0 unspecified atom stereocenters. The van der Waals surface area contributed by atoms with Crippen LogP contribution in [0.2, 0.25) is 0 Å². The standard InChI is InChI=1S/C7H8F10N2.C6H8F8N2/c1-18-6(14,15)4(10,11)3(8,9)5(12,13)7(16,17)19-2;1-15-5(11,12)3(7,8)4(9,10)6(13,14)16-2/h18-19H,1-2H3;15-16H,1-2H3. The fourth-order valence-electron chi connectivity index (χ4n) is 1.61. The maximum absolute atomic E-state index is 12.8. The van der Waals surface area contributed by atoms with Crippen LogP contribution in [0.25, 0.3) is 0 Å². The maximum Gasteiger partial charge on any atom is 0.393 e. The number of halogens is 18. The van der Waals surface area contributed by atoms with Crippen molar-refractivity contribution in [1.29, 1.82) is 0 Å². The fourth-order valence-corrected chi connectivity index (χ4v) is 1.61. The summed E-state index contributed by atoms with van der Waals surface area (Å²) in [5.41, 5.74) is 0. The van der Waals surface area contributed by atoms with Crippen molar-refractivity contribution in [2.75, 3.05) is 28.2 Å². The zero-order valence-electron chi connectivity index (χ0n) is 17.3. The molecule has 4 N–H and O–H groups in total. The molecular weight excluding hydrogens is 554 g/mol. The van der Waals surface area contributed by atoms with Crippen LogP contribution in [0.4, 0.5) is 79.0 Å². The third-order valence-corrected chi connectivity index (χ3v) is 4.02. The quantitative estimate of drug-likeness (QED) is 0.220. The number of hydrogen-bond acceptors (Lipinski definition) is 4. The Hall–Kier alpha value is -1.42. The summed E-state index contributed by atoms with van der Waals surface area (Å²) in [5, 5.41) is 1.85. The average Bonchev–Trinajstić information content (AvgIpc) is 2.72. The lowest BCUT2D eigenvalue weighted by molar-refractivity contribution is -0.408. The molecule has 0 bridgehead atoms. The van der Waals surface area contributed by atoms with Gasteiger partial charge in [-0.15, -0.1) is 0 Å². The minimum absolute atomic E-state index is 0.0678. The van der Waals surface area contributed by atoms with Crippen LogP contribution in [0.3, 0.4) is 0 Å². The zero-order valence-corrected chi connectivity index (χ0v) is 17.3. The monoisotopic (exact) mass is 570 g/mol. The van der Waals surface area contributed by atoms with Gasteiger partial charge in [0.15, 0.2) is 0 Å². The number of nitrogens with one attached hydrogen (secondary N) is 4. The van der Waals surface area contributed by atoms with Gasteiger partial charge < -0.3 is 0 Å². The van der Waals surface area contributed by atoms with Crippen LogP contribution in [-0.2, 0) is 0 Å².